The number of likely N-dealkylation sites (N-methyl/N-ethyl adjacent to an activating group) is 1. The highest BCUT2D eigenvalue weighted by Crippen LogP contribution is 2.15. The number of hydrogen-bond donors (Lipinski definition) is 2. The van der Waals surface area contributed by atoms with Gasteiger partial charge >= 0.3 is 0 Å². The zero-order valence-corrected chi connectivity index (χ0v) is 13.6. The lowest BCUT2D eigenvalue weighted by Gasteiger charge is -2.34. The van der Waals surface area contributed by atoms with Crippen LogP contribution in [0.2, 0.25) is 0 Å². The smallest absolute Gasteiger partial charge is 0.290 e. The lowest BCUT2D eigenvalue weighted by molar-refractivity contribution is -0.123. The Morgan fingerprint density at radius 1 is 1.43 bits per heavy atom. The van der Waals surface area contributed by atoms with Crippen LogP contribution in [-0.4, -0.2) is 68.5 Å². The van der Waals surface area contributed by atoms with Crippen molar-refractivity contribution in [3.63, 3.8) is 0 Å². The summed E-state index contributed by atoms with van der Waals surface area (Å²) in [5.41, 5.74) is 0. The van der Waals surface area contributed by atoms with E-state index in [0.717, 1.165) is 25.8 Å². The number of hydrogen-bond acceptors (Lipinski definition) is 5. The van der Waals surface area contributed by atoms with Gasteiger partial charge in [0.05, 0.1) is 5.75 Å². The maximum absolute atomic E-state index is 11.5. The number of rotatable bonds is 6. The summed E-state index contributed by atoms with van der Waals surface area (Å²) in [5.74, 6) is -0.233. The Morgan fingerprint density at radius 3 is 2.57 bits per heavy atom. The van der Waals surface area contributed by atoms with Gasteiger partial charge in [0.1, 0.15) is 9.84 Å². The fraction of sp³-hybridized carbons (Fsp3) is 0.846. The summed E-state index contributed by atoms with van der Waals surface area (Å²) < 4.78 is 21.9. The molecular formula is C13H26N2O5S. The van der Waals surface area contributed by atoms with Crippen LogP contribution >= 0.6 is 0 Å². The third-order valence-electron chi connectivity index (χ3n) is 3.39. The van der Waals surface area contributed by atoms with Crippen molar-refractivity contribution in [3.8, 4) is 0 Å². The molecule has 1 amide bonds. The van der Waals surface area contributed by atoms with Crippen molar-refractivity contribution in [2.24, 2.45) is 0 Å². The van der Waals surface area contributed by atoms with Crippen LogP contribution in [0.5, 0.6) is 0 Å². The molecule has 0 aromatic heterocycles. The van der Waals surface area contributed by atoms with Crippen molar-refractivity contribution in [3.05, 3.63) is 0 Å². The van der Waals surface area contributed by atoms with Gasteiger partial charge in [-0.15, -0.1) is 0 Å². The number of carbonyl (C=O) groups excluding carboxylic acids is 1. The number of nitrogens with one attached hydrogen (secondary N) is 1. The second kappa shape index (κ2) is 10.6. The Kier molecular flexibility index (Phi) is 9.98. The van der Waals surface area contributed by atoms with Crippen LogP contribution < -0.4 is 5.32 Å². The molecule has 1 unspecified atom stereocenters. The van der Waals surface area contributed by atoms with Gasteiger partial charge in [0, 0.05) is 25.3 Å². The molecule has 1 aliphatic heterocycles. The number of carboxylic acid groups (broad SMARTS) is 1. The van der Waals surface area contributed by atoms with Gasteiger partial charge < -0.3 is 10.4 Å². The van der Waals surface area contributed by atoms with Gasteiger partial charge in [-0.05, 0) is 25.9 Å². The molecular weight excluding hydrogens is 296 g/mol. The van der Waals surface area contributed by atoms with Gasteiger partial charge in [0.25, 0.3) is 6.47 Å². The number of nitrogens with zero attached hydrogens (tertiary/aromatic N) is 1. The monoisotopic (exact) mass is 322 g/mol. The molecule has 1 saturated heterocycles. The first kappa shape index (κ1) is 19.9. The second-order valence-corrected chi connectivity index (χ2v) is 7.33. The molecule has 0 saturated carbocycles. The van der Waals surface area contributed by atoms with Crippen molar-refractivity contribution >= 4 is 22.2 Å². The lowest BCUT2D eigenvalue weighted by Crippen LogP contribution is -2.46. The Hall–Kier alpha value is -1.15. The van der Waals surface area contributed by atoms with Crippen molar-refractivity contribution in [2.45, 2.75) is 38.6 Å². The first-order valence-electron chi connectivity index (χ1n) is 7.10. The molecule has 1 rings (SSSR count). The average Bonchev–Trinajstić information content (AvgIpc) is 2.43. The molecule has 1 atom stereocenters. The highest BCUT2D eigenvalue weighted by Gasteiger charge is 2.21. The van der Waals surface area contributed by atoms with Crippen molar-refractivity contribution in [1.82, 2.24) is 10.2 Å². The zero-order valence-electron chi connectivity index (χ0n) is 12.7. The van der Waals surface area contributed by atoms with E-state index < -0.39 is 9.84 Å². The second-order valence-electron chi connectivity index (χ2n) is 5.07. The molecule has 8 heteroatoms. The van der Waals surface area contributed by atoms with E-state index in [0.29, 0.717) is 12.6 Å². The summed E-state index contributed by atoms with van der Waals surface area (Å²) >= 11 is 0. The number of sulfone groups is 1. The van der Waals surface area contributed by atoms with E-state index in [1.807, 2.05) is 0 Å². The summed E-state index contributed by atoms with van der Waals surface area (Å²) in [6.07, 6.45) is 4.77. The van der Waals surface area contributed by atoms with Crippen molar-refractivity contribution in [1.29, 1.82) is 0 Å². The topological polar surface area (TPSA) is 104 Å². The van der Waals surface area contributed by atoms with Crippen LogP contribution in [0.1, 0.15) is 32.6 Å². The summed E-state index contributed by atoms with van der Waals surface area (Å²) in [5, 5.41) is 9.73. The van der Waals surface area contributed by atoms with Crippen LogP contribution in [0.15, 0.2) is 0 Å². The largest absolute Gasteiger partial charge is 0.483 e. The molecule has 2 N–H and O–H groups in total. The minimum Gasteiger partial charge on any atom is -0.483 e. The van der Waals surface area contributed by atoms with Crippen molar-refractivity contribution < 1.29 is 23.1 Å². The summed E-state index contributed by atoms with van der Waals surface area (Å²) in [6, 6.07) is 0.408. The molecule has 0 aromatic carbocycles. The quantitative estimate of drug-likeness (QED) is 0.673. The van der Waals surface area contributed by atoms with E-state index in [9.17, 15) is 13.2 Å². The maximum atomic E-state index is 11.5. The predicted octanol–water partition coefficient (Wildman–Crippen LogP) is 0.113. The summed E-state index contributed by atoms with van der Waals surface area (Å²) in [6.45, 7) is 4.62. The van der Waals surface area contributed by atoms with E-state index in [2.05, 4.69) is 17.1 Å². The van der Waals surface area contributed by atoms with E-state index in [4.69, 9.17) is 9.90 Å². The Balaban J connectivity index is 0.00000122. The molecule has 21 heavy (non-hydrogen) atoms. The highest BCUT2D eigenvalue weighted by molar-refractivity contribution is 7.90. The molecule has 0 spiro atoms. The number of carbonyl (C=O) groups is 2. The Bertz CT molecular complexity index is 411. The van der Waals surface area contributed by atoms with E-state index in [-0.39, 0.29) is 24.6 Å². The van der Waals surface area contributed by atoms with Crippen LogP contribution in [-0.2, 0) is 19.4 Å². The van der Waals surface area contributed by atoms with Crippen LogP contribution in [0, 0.1) is 0 Å². The molecule has 1 aliphatic rings. The molecule has 0 aromatic rings. The van der Waals surface area contributed by atoms with Gasteiger partial charge in [-0.1, -0.05) is 13.3 Å². The van der Waals surface area contributed by atoms with Gasteiger partial charge in [0.15, 0.2) is 0 Å². The van der Waals surface area contributed by atoms with Gasteiger partial charge in [-0.2, -0.15) is 0 Å². The van der Waals surface area contributed by atoms with Crippen LogP contribution in [0.4, 0.5) is 0 Å². The van der Waals surface area contributed by atoms with E-state index >= 15 is 0 Å². The number of amides is 1. The number of likely N-dealkylation sites (tertiary alicyclic amines) is 1. The zero-order chi connectivity index (χ0) is 16.3. The standard InChI is InChI=1S/C12H24N2O3S.CH2O2/c1-3-14-8-5-4-6-11(14)10-13-12(15)7-9-18(2,16)17;2-1-3/h11H,3-10H2,1-2H3,(H,13,15);1H,(H,2,3). The van der Waals surface area contributed by atoms with Crippen LogP contribution in [0.3, 0.4) is 0 Å². The Labute approximate surface area is 126 Å². The van der Waals surface area contributed by atoms with E-state index in [1.54, 1.807) is 0 Å². The Morgan fingerprint density at radius 2 is 2.05 bits per heavy atom. The molecule has 7 nitrogen and oxygen atoms in total. The van der Waals surface area contributed by atoms with E-state index in [1.165, 1.54) is 12.8 Å². The third kappa shape index (κ3) is 10.3. The molecule has 0 aliphatic carbocycles. The molecule has 1 fully saturated rings. The maximum Gasteiger partial charge on any atom is 0.290 e. The first-order chi connectivity index (χ1) is 9.84. The predicted molar refractivity (Wildman–Crippen MR) is 80.9 cm³/mol. The molecule has 0 radical (unpaired) electrons. The van der Waals surface area contributed by atoms with Gasteiger partial charge in [-0.25, -0.2) is 8.42 Å². The van der Waals surface area contributed by atoms with Gasteiger partial charge in [0.2, 0.25) is 5.91 Å². The van der Waals surface area contributed by atoms with Crippen molar-refractivity contribution in [2.75, 3.05) is 31.6 Å². The molecule has 1 heterocycles. The molecule has 124 valence electrons. The van der Waals surface area contributed by atoms with Crippen LogP contribution in [0.25, 0.3) is 0 Å². The van der Waals surface area contributed by atoms with Gasteiger partial charge in [-0.3, -0.25) is 14.5 Å². The fourth-order valence-corrected chi connectivity index (χ4v) is 2.86. The SMILES string of the molecule is CCN1CCCCC1CNC(=O)CCS(C)(=O)=O.O=CO. The fourth-order valence-electron chi connectivity index (χ4n) is 2.31. The summed E-state index contributed by atoms with van der Waals surface area (Å²) in [7, 11) is -3.05. The minimum absolute atomic E-state index is 0.0671. The lowest BCUT2D eigenvalue weighted by atomic mass is 10.0. The minimum atomic E-state index is -3.05. The number of piperidine rings is 1. The normalized spacial score (nSPS) is 19.2. The summed E-state index contributed by atoms with van der Waals surface area (Å²) in [4.78, 5) is 22.3. The highest BCUT2D eigenvalue weighted by atomic mass is 32.2. The average molecular weight is 322 g/mol. The molecule has 0 bridgehead atoms. The first-order valence-corrected chi connectivity index (χ1v) is 9.16. The third-order valence-corrected chi connectivity index (χ3v) is 4.34.